The number of allylic oxidation sites excluding steroid dienone is 1. The summed E-state index contributed by atoms with van der Waals surface area (Å²) in [5.74, 6) is -0.958. The van der Waals surface area contributed by atoms with Crippen LogP contribution >= 0.6 is 11.6 Å². The maximum Gasteiger partial charge on any atom is 0.293 e. The lowest BCUT2D eigenvalue weighted by Gasteiger charge is -2.39. The minimum atomic E-state index is -4.66. The average molecular weight is 972 g/mol. The molecule has 0 radical (unpaired) electrons. The number of hydrogen-bond acceptors (Lipinski definition) is 13. The lowest BCUT2D eigenvalue weighted by molar-refractivity contribution is -0.384. The number of nitro groups is 1. The fourth-order valence-corrected chi connectivity index (χ4v) is 11.1. The number of rotatable bonds is 13. The van der Waals surface area contributed by atoms with Crippen molar-refractivity contribution >= 4 is 82.3 Å². The molecule has 0 bridgehead atoms. The Morgan fingerprint density at radius 3 is 2.52 bits per heavy atom. The predicted molar refractivity (Wildman–Crippen MR) is 258 cm³/mol. The van der Waals surface area contributed by atoms with E-state index in [4.69, 9.17) is 16.3 Å². The molecule has 3 aromatic carbocycles. The van der Waals surface area contributed by atoms with Gasteiger partial charge in [-0.3, -0.25) is 29.6 Å². The molecule has 18 nitrogen and oxygen atoms in total. The number of amides is 1. The Bertz CT molecular complexity index is 3150. The van der Waals surface area contributed by atoms with E-state index in [1.54, 1.807) is 29.2 Å². The highest BCUT2D eigenvalue weighted by molar-refractivity contribution is 7.90. The van der Waals surface area contributed by atoms with Crippen LogP contribution in [0, 0.1) is 15.5 Å². The van der Waals surface area contributed by atoms with Crippen LogP contribution in [0.2, 0.25) is 5.02 Å². The summed E-state index contributed by atoms with van der Waals surface area (Å²) in [4.78, 5) is 38.9. The largest absolute Gasteiger partial charge is 0.377 e. The summed E-state index contributed by atoms with van der Waals surface area (Å²) in [5, 5.41) is 19.8. The van der Waals surface area contributed by atoms with Crippen molar-refractivity contribution < 1.29 is 31.3 Å². The lowest BCUT2D eigenvalue weighted by Crippen LogP contribution is -2.47. The minimum absolute atomic E-state index is 0.00960. The molecule has 9 rings (SSSR count). The van der Waals surface area contributed by atoms with E-state index in [2.05, 4.69) is 60.9 Å². The molecule has 0 unspecified atom stereocenters. The molecule has 0 saturated carbocycles. The van der Waals surface area contributed by atoms with Gasteiger partial charge in [0.1, 0.15) is 11.2 Å². The number of benzene rings is 3. The molecule has 1 atom stereocenters. The summed E-state index contributed by atoms with van der Waals surface area (Å²) in [6.07, 6.45) is 6.98. The number of anilines is 2. The summed E-state index contributed by atoms with van der Waals surface area (Å²) in [7, 11) is -8.14. The summed E-state index contributed by atoms with van der Waals surface area (Å²) < 4.78 is 62.7. The van der Waals surface area contributed by atoms with Gasteiger partial charge in [-0.1, -0.05) is 43.2 Å². The van der Waals surface area contributed by atoms with Crippen molar-refractivity contribution in [3.8, 4) is 5.69 Å². The Labute approximate surface area is 393 Å². The van der Waals surface area contributed by atoms with Crippen molar-refractivity contribution in [2.24, 2.45) is 5.41 Å². The number of hydrogen-bond donors (Lipinski definition) is 3. The number of H-pyrrole nitrogens is 1. The van der Waals surface area contributed by atoms with Crippen LogP contribution in [0.3, 0.4) is 0 Å². The third kappa shape index (κ3) is 10.0. The van der Waals surface area contributed by atoms with Crippen LogP contribution in [0.1, 0.15) is 49.0 Å². The summed E-state index contributed by atoms with van der Waals surface area (Å²) in [6, 6.07) is 20.3. The van der Waals surface area contributed by atoms with Crippen LogP contribution in [0.25, 0.3) is 33.3 Å². The number of aromatic nitrogens is 4. The number of nitrogens with zero attached hydrogens (tertiary/aromatic N) is 7. The number of sulfonamides is 2. The molecule has 5 heterocycles. The number of carbonyl (C=O) groups excluding carboxylic acids is 1. The first-order valence-corrected chi connectivity index (χ1v) is 25.7. The zero-order chi connectivity index (χ0) is 47.3. The second-order valence-corrected chi connectivity index (χ2v) is 22.2. The lowest BCUT2D eigenvalue weighted by atomic mass is 9.72. The second kappa shape index (κ2) is 18.3. The zero-order valence-corrected chi connectivity index (χ0v) is 39.6. The Hall–Kier alpha value is -5.90. The van der Waals surface area contributed by atoms with Gasteiger partial charge in [-0.2, -0.15) is 4.31 Å². The first kappa shape index (κ1) is 46.2. The maximum absolute atomic E-state index is 14.2. The summed E-state index contributed by atoms with van der Waals surface area (Å²) >= 11 is 6.26. The molecule has 352 valence electrons. The molecule has 3 aliphatic rings. The summed E-state index contributed by atoms with van der Waals surface area (Å²) in [5.41, 5.74) is 6.67. The number of nitro benzene ring substituents is 1. The number of carbonyl (C=O) groups is 1. The molecule has 2 saturated heterocycles. The topological polar surface area (TPSA) is 218 Å². The molecular weight excluding hydrogens is 920 g/mol. The van der Waals surface area contributed by atoms with E-state index in [-0.39, 0.29) is 42.9 Å². The number of pyridine rings is 1. The molecule has 1 amide bonds. The first-order chi connectivity index (χ1) is 31.9. The van der Waals surface area contributed by atoms with Crippen LogP contribution in [0.4, 0.5) is 17.1 Å². The molecule has 21 heteroatoms. The number of halogens is 1. The van der Waals surface area contributed by atoms with Crippen molar-refractivity contribution in [1.82, 2.24) is 33.7 Å². The molecule has 3 aromatic heterocycles. The zero-order valence-electron chi connectivity index (χ0n) is 37.2. The van der Waals surface area contributed by atoms with Gasteiger partial charge in [0.15, 0.2) is 5.65 Å². The van der Waals surface area contributed by atoms with E-state index in [1.165, 1.54) is 27.1 Å². The molecular formula is C46H51ClN10O8S2. The van der Waals surface area contributed by atoms with Gasteiger partial charge in [0.05, 0.1) is 45.6 Å². The standard InChI is InChI=1S/C46H51ClN10O8S2/c1-46(2)14-12-32(38(25-46)30-4-6-33(47)7-5-30)28-53-16-18-54(19-17-53)34-8-10-37(41(23-34)56-42-22-31-13-15-48-44(31)51-40(42)27-50-56)45(58)52-67(63,64)36-9-11-39(43(24-36)57(59)60)49-26-35-29-55(20-21-65-35)66(3,61)62/h4-11,13,15,22-24,27,35,49-50H,12,14,16-21,25-26,28-29H2,1-3H3,(H,52,58)/t35-/m0/s1. The average Bonchev–Trinajstić information content (AvgIpc) is 3.94. The van der Waals surface area contributed by atoms with Gasteiger partial charge < -0.3 is 15.0 Å². The molecule has 2 aliphatic heterocycles. The van der Waals surface area contributed by atoms with Crippen LogP contribution in [0.5, 0.6) is 0 Å². The predicted octanol–water partition coefficient (Wildman–Crippen LogP) is 6.44. The molecule has 0 spiro atoms. The smallest absolute Gasteiger partial charge is 0.293 e. The van der Waals surface area contributed by atoms with Gasteiger partial charge >= 0.3 is 0 Å². The van der Waals surface area contributed by atoms with E-state index < -0.39 is 47.6 Å². The maximum atomic E-state index is 14.2. The first-order valence-electron chi connectivity index (χ1n) is 22.0. The Kier molecular flexibility index (Phi) is 12.6. The van der Waals surface area contributed by atoms with E-state index in [0.29, 0.717) is 35.5 Å². The van der Waals surface area contributed by atoms with Crippen LogP contribution < -0.4 is 14.9 Å². The third-order valence-electron chi connectivity index (χ3n) is 12.9. The highest BCUT2D eigenvalue weighted by atomic mass is 35.5. The van der Waals surface area contributed by atoms with E-state index in [9.17, 15) is 31.7 Å². The molecule has 67 heavy (non-hydrogen) atoms. The Balaban J connectivity index is 0.962. The summed E-state index contributed by atoms with van der Waals surface area (Å²) in [6.45, 7) is 8.95. The van der Waals surface area contributed by atoms with Gasteiger partial charge in [-0.05, 0) is 90.4 Å². The molecule has 1 aliphatic carbocycles. The normalized spacial score (nSPS) is 18.7. The molecule has 6 aromatic rings. The minimum Gasteiger partial charge on any atom is -0.377 e. The van der Waals surface area contributed by atoms with E-state index in [1.807, 2.05) is 30.3 Å². The Morgan fingerprint density at radius 1 is 1.00 bits per heavy atom. The number of ether oxygens (including phenoxy) is 1. The van der Waals surface area contributed by atoms with Gasteiger partial charge in [-0.15, -0.1) is 0 Å². The second-order valence-electron chi connectivity index (χ2n) is 18.1. The van der Waals surface area contributed by atoms with E-state index in [0.717, 1.165) is 73.4 Å². The van der Waals surface area contributed by atoms with Gasteiger partial charge in [0.25, 0.3) is 21.6 Å². The highest BCUT2D eigenvalue weighted by Gasteiger charge is 2.32. The Morgan fingerprint density at radius 2 is 1.78 bits per heavy atom. The number of aromatic amines is 1. The van der Waals surface area contributed by atoms with Gasteiger partial charge in [-0.25, -0.2) is 31.5 Å². The third-order valence-corrected chi connectivity index (χ3v) is 15.7. The molecule has 2 fully saturated rings. The monoisotopic (exact) mass is 970 g/mol. The van der Waals surface area contributed by atoms with E-state index >= 15 is 0 Å². The fraction of sp³-hybridized carbons (Fsp3) is 0.370. The van der Waals surface area contributed by atoms with Gasteiger partial charge in [0.2, 0.25) is 10.0 Å². The van der Waals surface area contributed by atoms with Crippen molar-refractivity contribution in [3.63, 3.8) is 0 Å². The van der Waals surface area contributed by atoms with Crippen molar-refractivity contribution in [2.75, 3.05) is 75.4 Å². The van der Waals surface area contributed by atoms with Gasteiger partial charge in [0, 0.05) is 86.9 Å². The SMILES string of the molecule is CC1(C)CCC(CN2CCN(c3ccc(C(=O)NS(=O)(=O)c4ccc(NC[C@H]5CN(S(C)(=O)=O)CCO5)c([N+](=O)[O-])c4)c(-n4[nH]cc5nc6nccc6cc54)c3)CC2)=C(c2ccc(Cl)cc2)C1. The van der Waals surface area contributed by atoms with Crippen molar-refractivity contribution in [2.45, 2.75) is 44.1 Å². The fourth-order valence-electron chi connectivity index (χ4n) is 9.16. The quantitative estimate of drug-likeness (QED) is 0.0840. The highest BCUT2D eigenvalue weighted by Crippen LogP contribution is 2.43. The number of morpholine rings is 1. The van der Waals surface area contributed by atoms with Crippen LogP contribution in [-0.2, 0) is 24.8 Å². The number of piperazine rings is 1. The van der Waals surface area contributed by atoms with Crippen molar-refractivity contribution in [1.29, 1.82) is 0 Å². The van der Waals surface area contributed by atoms with Crippen LogP contribution in [-0.4, -0.2) is 128 Å². The van der Waals surface area contributed by atoms with Crippen molar-refractivity contribution in [3.05, 3.63) is 117 Å². The van der Waals surface area contributed by atoms with Crippen LogP contribution in [0.15, 0.2) is 95.7 Å². The molecule has 3 N–H and O–H groups in total. The number of nitrogens with one attached hydrogen (secondary N) is 3. The number of fused-ring (bicyclic) bond motifs is 2.